The Morgan fingerprint density at radius 1 is 1.16 bits per heavy atom. The molecule has 0 spiro atoms. The Morgan fingerprint density at radius 2 is 1.92 bits per heavy atom. The van der Waals surface area contributed by atoms with Crippen molar-refractivity contribution in [2.45, 2.75) is 45.8 Å². The SMILES string of the molecule is CC(=O)OC(c1cc2c(NC(=O)OC(C)(C)C)nc(-c3ccc(C(F)F)o3)nc2s1)c1ncccc1F. The first-order valence-corrected chi connectivity index (χ1v) is 11.7. The largest absolute Gasteiger partial charge is 0.452 e. The summed E-state index contributed by atoms with van der Waals surface area (Å²) in [7, 11) is 0. The molecule has 0 saturated carbocycles. The van der Waals surface area contributed by atoms with Crippen molar-refractivity contribution in [3.63, 3.8) is 0 Å². The number of amides is 1. The summed E-state index contributed by atoms with van der Waals surface area (Å²) >= 11 is 1.01. The number of nitrogens with one attached hydrogen (secondary N) is 1. The van der Waals surface area contributed by atoms with Gasteiger partial charge in [0.15, 0.2) is 23.4 Å². The zero-order valence-electron chi connectivity index (χ0n) is 20.0. The quantitative estimate of drug-likeness (QED) is 0.282. The van der Waals surface area contributed by atoms with E-state index in [-0.39, 0.29) is 27.9 Å². The number of esters is 1. The Bertz CT molecular complexity index is 1460. The number of anilines is 1. The van der Waals surface area contributed by atoms with Crippen molar-refractivity contribution in [3.05, 3.63) is 58.7 Å². The van der Waals surface area contributed by atoms with Gasteiger partial charge in [0.2, 0.25) is 0 Å². The molecule has 0 radical (unpaired) electrons. The molecule has 0 saturated heterocycles. The lowest BCUT2D eigenvalue weighted by Crippen LogP contribution is -2.27. The van der Waals surface area contributed by atoms with Crippen LogP contribution >= 0.6 is 11.3 Å². The van der Waals surface area contributed by atoms with Gasteiger partial charge in [0.1, 0.15) is 27.8 Å². The second-order valence-electron chi connectivity index (χ2n) is 8.75. The van der Waals surface area contributed by atoms with Gasteiger partial charge in [-0.1, -0.05) is 0 Å². The van der Waals surface area contributed by atoms with E-state index >= 15 is 0 Å². The van der Waals surface area contributed by atoms with Gasteiger partial charge in [-0.25, -0.2) is 27.9 Å². The predicted octanol–water partition coefficient (Wildman–Crippen LogP) is 6.42. The molecule has 4 aromatic rings. The Labute approximate surface area is 212 Å². The van der Waals surface area contributed by atoms with E-state index in [1.807, 2.05) is 0 Å². The van der Waals surface area contributed by atoms with Crippen LogP contribution in [0.5, 0.6) is 0 Å². The van der Waals surface area contributed by atoms with Gasteiger partial charge in [0.05, 0.1) is 10.3 Å². The molecule has 1 N–H and O–H groups in total. The van der Waals surface area contributed by atoms with Crippen molar-refractivity contribution in [1.29, 1.82) is 0 Å². The molecular formula is C24H21F3N4O5S. The van der Waals surface area contributed by atoms with Crippen LogP contribution in [0.4, 0.5) is 23.8 Å². The highest BCUT2D eigenvalue weighted by atomic mass is 32.1. The van der Waals surface area contributed by atoms with Gasteiger partial charge in [-0.05, 0) is 51.1 Å². The molecule has 0 aliphatic heterocycles. The smallest absolute Gasteiger partial charge is 0.413 e. The van der Waals surface area contributed by atoms with Crippen molar-refractivity contribution in [2.24, 2.45) is 0 Å². The summed E-state index contributed by atoms with van der Waals surface area (Å²) in [6, 6.07) is 6.46. The molecule has 9 nitrogen and oxygen atoms in total. The zero-order valence-corrected chi connectivity index (χ0v) is 20.9. The number of hydrogen-bond acceptors (Lipinski definition) is 9. The average molecular weight is 535 g/mol. The molecule has 1 unspecified atom stereocenters. The van der Waals surface area contributed by atoms with Gasteiger partial charge < -0.3 is 13.9 Å². The van der Waals surface area contributed by atoms with Crippen LogP contribution in [0.15, 0.2) is 40.9 Å². The maximum Gasteiger partial charge on any atom is 0.413 e. The second-order valence-corrected chi connectivity index (χ2v) is 9.82. The number of ether oxygens (including phenoxy) is 2. The molecular weight excluding hydrogens is 513 g/mol. The molecule has 0 aliphatic rings. The molecule has 13 heteroatoms. The average Bonchev–Trinajstić information content (AvgIpc) is 3.44. The van der Waals surface area contributed by atoms with Crippen molar-refractivity contribution in [3.8, 4) is 11.6 Å². The fourth-order valence-corrected chi connectivity index (χ4v) is 4.34. The number of thiophene rings is 1. The Kier molecular flexibility index (Phi) is 7.16. The van der Waals surface area contributed by atoms with E-state index in [2.05, 4.69) is 20.3 Å². The van der Waals surface area contributed by atoms with Crippen molar-refractivity contribution >= 4 is 39.4 Å². The van der Waals surface area contributed by atoms with Gasteiger partial charge in [-0.3, -0.25) is 15.1 Å². The molecule has 0 bridgehead atoms. The normalized spacial score (nSPS) is 12.5. The summed E-state index contributed by atoms with van der Waals surface area (Å²) in [5.74, 6) is -2.12. The highest BCUT2D eigenvalue weighted by Gasteiger charge is 2.27. The van der Waals surface area contributed by atoms with Crippen molar-refractivity contribution < 1.29 is 36.7 Å². The number of halogens is 3. The minimum Gasteiger partial charge on any atom is -0.452 e. The summed E-state index contributed by atoms with van der Waals surface area (Å²) in [6.45, 7) is 6.20. The molecule has 4 rings (SSSR count). The number of alkyl halides is 2. The molecule has 0 fully saturated rings. The lowest BCUT2D eigenvalue weighted by molar-refractivity contribution is -0.144. The van der Waals surface area contributed by atoms with Crippen LogP contribution in [0.2, 0.25) is 0 Å². The van der Waals surface area contributed by atoms with Gasteiger partial charge in [0.25, 0.3) is 6.43 Å². The number of furan rings is 1. The van der Waals surface area contributed by atoms with E-state index < -0.39 is 41.8 Å². The van der Waals surface area contributed by atoms with E-state index in [1.165, 1.54) is 37.4 Å². The highest BCUT2D eigenvalue weighted by molar-refractivity contribution is 7.18. The van der Waals surface area contributed by atoms with Crippen LogP contribution in [0, 0.1) is 5.82 Å². The number of aromatic nitrogens is 3. The molecule has 194 valence electrons. The fraction of sp³-hybridized carbons (Fsp3) is 0.292. The summed E-state index contributed by atoms with van der Waals surface area (Å²) in [6.07, 6.45) is -3.54. The van der Waals surface area contributed by atoms with E-state index in [0.29, 0.717) is 10.3 Å². The zero-order chi connectivity index (χ0) is 26.9. The molecule has 1 amide bonds. The first kappa shape index (κ1) is 26.1. The van der Waals surface area contributed by atoms with Crippen LogP contribution in [0.3, 0.4) is 0 Å². The number of nitrogens with zero attached hydrogens (tertiary/aromatic N) is 3. The maximum atomic E-state index is 14.6. The first-order chi connectivity index (χ1) is 17.4. The maximum absolute atomic E-state index is 14.6. The van der Waals surface area contributed by atoms with E-state index in [4.69, 9.17) is 13.9 Å². The number of rotatable bonds is 6. The molecule has 0 aromatic carbocycles. The standard InChI is InChI=1S/C24H21F3N4O5S/c1-11(32)34-18(17-13(25)6-5-9-28-17)16-10-12-20(31-23(33)36-24(2,3)4)29-21(30-22(12)37-16)15-8-7-14(35-15)19(26)27/h5-10,18-19H,1-4H3,(H,29,30,31,33). The predicted molar refractivity (Wildman–Crippen MR) is 128 cm³/mol. The van der Waals surface area contributed by atoms with Gasteiger partial charge in [-0.15, -0.1) is 11.3 Å². The van der Waals surface area contributed by atoms with Crippen LogP contribution in [0.25, 0.3) is 21.8 Å². The Morgan fingerprint density at radius 3 is 2.54 bits per heavy atom. The first-order valence-electron chi connectivity index (χ1n) is 10.9. The number of hydrogen-bond donors (Lipinski definition) is 1. The molecule has 4 aromatic heterocycles. The molecule has 37 heavy (non-hydrogen) atoms. The van der Waals surface area contributed by atoms with E-state index in [0.717, 1.165) is 17.4 Å². The topological polar surface area (TPSA) is 116 Å². The third-order valence-corrected chi connectivity index (χ3v) is 5.74. The number of fused-ring (bicyclic) bond motifs is 1. The number of pyridine rings is 1. The third-order valence-electron chi connectivity index (χ3n) is 4.67. The number of carbonyl (C=O) groups excluding carboxylic acids is 2. The lowest BCUT2D eigenvalue weighted by Gasteiger charge is -2.19. The molecule has 1 atom stereocenters. The highest BCUT2D eigenvalue weighted by Crippen LogP contribution is 2.38. The monoisotopic (exact) mass is 534 g/mol. The van der Waals surface area contributed by atoms with Crippen LogP contribution in [0.1, 0.15) is 56.6 Å². The van der Waals surface area contributed by atoms with Gasteiger partial charge >= 0.3 is 12.1 Å². The Balaban J connectivity index is 1.85. The van der Waals surface area contributed by atoms with Crippen molar-refractivity contribution in [2.75, 3.05) is 5.32 Å². The van der Waals surface area contributed by atoms with Gasteiger partial charge in [-0.2, -0.15) is 0 Å². The van der Waals surface area contributed by atoms with Gasteiger partial charge in [0, 0.05) is 13.1 Å². The lowest BCUT2D eigenvalue weighted by atomic mass is 10.1. The third kappa shape index (κ3) is 6.05. The van der Waals surface area contributed by atoms with E-state index in [9.17, 15) is 22.8 Å². The summed E-state index contributed by atoms with van der Waals surface area (Å²) in [5.41, 5.74) is -0.949. The van der Waals surface area contributed by atoms with Crippen LogP contribution in [-0.2, 0) is 14.3 Å². The summed E-state index contributed by atoms with van der Waals surface area (Å²) < 4.78 is 56.5. The fourth-order valence-electron chi connectivity index (χ4n) is 3.27. The molecule has 0 aliphatic carbocycles. The molecule has 4 heterocycles. The summed E-state index contributed by atoms with van der Waals surface area (Å²) in [5, 5.41) is 2.84. The minimum absolute atomic E-state index is 0.0187. The van der Waals surface area contributed by atoms with Crippen molar-refractivity contribution in [1.82, 2.24) is 15.0 Å². The number of carbonyl (C=O) groups is 2. The van der Waals surface area contributed by atoms with Crippen LogP contribution < -0.4 is 5.32 Å². The Hall–Kier alpha value is -4.00. The van der Waals surface area contributed by atoms with E-state index in [1.54, 1.807) is 20.8 Å². The summed E-state index contributed by atoms with van der Waals surface area (Å²) in [4.78, 5) is 37.6. The minimum atomic E-state index is -2.84. The van der Waals surface area contributed by atoms with Crippen LogP contribution in [-0.4, -0.2) is 32.6 Å². The second kappa shape index (κ2) is 10.2.